The van der Waals surface area contributed by atoms with Crippen molar-refractivity contribution in [2.24, 2.45) is 5.73 Å². The van der Waals surface area contributed by atoms with Gasteiger partial charge >= 0.3 is 0 Å². The summed E-state index contributed by atoms with van der Waals surface area (Å²) in [5.41, 5.74) is 8.50. The number of hydrogen-bond acceptors (Lipinski definition) is 2. The fourth-order valence-corrected chi connectivity index (χ4v) is 2.57. The summed E-state index contributed by atoms with van der Waals surface area (Å²) >= 11 is 14.1. The first-order valence-electron chi connectivity index (χ1n) is 5.70. The van der Waals surface area contributed by atoms with Crippen LogP contribution >= 0.6 is 39.7 Å². The SMILES string of the molecule is Cc1cc(Br)c(F)cc1Nc1cc(Cl)ccc1C(N)=S. The van der Waals surface area contributed by atoms with Gasteiger partial charge in [0.05, 0.1) is 10.2 Å². The highest BCUT2D eigenvalue weighted by molar-refractivity contribution is 9.10. The smallest absolute Gasteiger partial charge is 0.139 e. The van der Waals surface area contributed by atoms with Crippen LogP contribution in [0.25, 0.3) is 0 Å². The zero-order chi connectivity index (χ0) is 14.9. The highest BCUT2D eigenvalue weighted by Gasteiger charge is 2.10. The first-order chi connectivity index (χ1) is 9.38. The Morgan fingerprint density at radius 2 is 2.00 bits per heavy atom. The van der Waals surface area contributed by atoms with Gasteiger partial charge in [-0.15, -0.1) is 0 Å². The molecule has 6 heteroatoms. The number of thiocarbonyl (C=S) groups is 1. The molecule has 2 rings (SSSR count). The predicted octanol–water partition coefficient (Wildman–Crippen LogP) is 4.93. The molecule has 0 fully saturated rings. The van der Waals surface area contributed by atoms with E-state index in [1.54, 1.807) is 24.3 Å². The first kappa shape index (κ1) is 15.2. The number of rotatable bonds is 3. The van der Waals surface area contributed by atoms with Gasteiger partial charge in [-0.05, 0) is 58.7 Å². The third-order valence-corrected chi connectivity index (χ3v) is 3.85. The molecule has 2 aromatic rings. The highest BCUT2D eigenvalue weighted by atomic mass is 79.9. The zero-order valence-electron chi connectivity index (χ0n) is 10.5. The minimum Gasteiger partial charge on any atom is -0.389 e. The Morgan fingerprint density at radius 3 is 2.65 bits per heavy atom. The molecule has 0 amide bonds. The van der Waals surface area contributed by atoms with E-state index in [2.05, 4.69) is 21.2 Å². The lowest BCUT2D eigenvalue weighted by molar-refractivity contribution is 0.621. The lowest BCUT2D eigenvalue weighted by Crippen LogP contribution is -2.12. The van der Waals surface area contributed by atoms with Gasteiger partial charge in [0.15, 0.2) is 0 Å². The molecule has 0 atom stereocenters. The minimum absolute atomic E-state index is 0.249. The minimum atomic E-state index is -0.350. The van der Waals surface area contributed by atoms with Crippen LogP contribution < -0.4 is 11.1 Å². The van der Waals surface area contributed by atoms with Crippen molar-refractivity contribution in [1.29, 1.82) is 0 Å². The molecular formula is C14H11BrClFN2S. The van der Waals surface area contributed by atoms with Gasteiger partial charge in [-0.1, -0.05) is 23.8 Å². The summed E-state index contributed by atoms with van der Waals surface area (Å²) in [5, 5.41) is 3.66. The van der Waals surface area contributed by atoms with Gasteiger partial charge in [-0.2, -0.15) is 0 Å². The molecule has 0 unspecified atom stereocenters. The number of nitrogens with one attached hydrogen (secondary N) is 1. The molecule has 104 valence electrons. The molecule has 0 bridgehead atoms. The monoisotopic (exact) mass is 372 g/mol. The first-order valence-corrected chi connectivity index (χ1v) is 7.28. The largest absolute Gasteiger partial charge is 0.389 e. The van der Waals surface area contributed by atoms with Gasteiger partial charge in [0.2, 0.25) is 0 Å². The quantitative estimate of drug-likeness (QED) is 0.749. The van der Waals surface area contributed by atoms with Crippen molar-refractivity contribution in [3.05, 3.63) is 56.8 Å². The Hall–Kier alpha value is -1.17. The van der Waals surface area contributed by atoms with Gasteiger partial charge in [-0.3, -0.25) is 0 Å². The molecule has 0 heterocycles. The Bertz CT molecular complexity index is 691. The number of benzene rings is 2. The summed E-state index contributed by atoms with van der Waals surface area (Å²) < 4.78 is 14.1. The van der Waals surface area contributed by atoms with Gasteiger partial charge in [0, 0.05) is 16.3 Å². The van der Waals surface area contributed by atoms with Crippen LogP contribution in [0.3, 0.4) is 0 Å². The van der Waals surface area contributed by atoms with E-state index in [1.165, 1.54) is 6.07 Å². The molecule has 0 aliphatic heterocycles. The van der Waals surface area contributed by atoms with E-state index >= 15 is 0 Å². The van der Waals surface area contributed by atoms with E-state index in [4.69, 9.17) is 29.6 Å². The molecule has 0 spiro atoms. The van der Waals surface area contributed by atoms with Crippen LogP contribution in [0.1, 0.15) is 11.1 Å². The molecule has 2 nitrogen and oxygen atoms in total. The summed E-state index contributed by atoms with van der Waals surface area (Å²) in [6.07, 6.45) is 0. The Labute approximate surface area is 135 Å². The van der Waals surface area contributed by atoms with Crippen LogP contribution in [0, 0.1) is 12.7 Å². The lowest BCUT2D eigenvalue weighted by atomic mass is 10.1. The summed E-state index contributed by atoms with van der Waals surface area (Å²) in [6, 6.07) is 8.25. The van der Waals surface area contributed by atoms with Crippen molar-refractivity contribution >= 4 is 56.1 Å². The van der Waals surface area contributed by atoms with Crippen LogP contribution in [0.15, 0.2) is 34.8 Å². The van der Waals surface area contributed by atoms with Crippen molar-refractivity contribution in [3.63, 3.8) is 0 Å². The maximum absolute atomic E-state index is 13.6. The Balaban J connectivity index is 2.47. The summed E-state index contributed by atoms with van der Waals surface area (Å²) in [7, 11) is 0. The number of nitrogens with two attached hydrogens (primary N) is 1. The normalized spacial score (nSPS) is 10.4. The van der Waals surface area contributed by atoms with Crippen LogP contribution in [-0.4, -0.2) is 4.99 Å². The number of aryl methyl sites for hydroxylation is 1. The van der Waals surface area contributed by atoms with Crippen molar-refractivity contribution in [3.8, 4) is 0 Å². The summed E-state index contributed by atoms with van der Waals surface area (Å²) in [5.74, 6) is -0.350. The highest BCUT2D eigenvalue weighted by Crippen LogP contribution is 2.29. The summed E-state index contributed by atoms with van der Waals surface area (Å²) in [4.78, 5) is 0.249. The van der Waals surface area contributed by atoms with Gasteiger partial charge in [0.1, 0.15) is 10.8 Å². The van der Waals surface area contributed by atoms with Crippen molar-refractivity contribution in [2.45, 2.75) is 6.92 Å². The van der Waals surface area contributed by atoms with E-state index in [1.807, 2.05) is 6.92 Å². The van der Waals surface area contributed by atoms with Crippen LogP contribution in [-0.2, 0) is 0 Å². The van der Waals surface area contributed by atoms with Crippen molar-refractivity contribution < 1.29 is 4.39 Å². The van der Waals surface area contributed by atoms with Crippen molar-refractivity contribution in [1.82, 2.24) is 0 Å². The fraction of sp³-hybridized carbons (Fsp3) is 0.0714. The van der Waals surface area contributed by atoms with E-state index < -0.39 is 0 Å². The molecule has 0 aliphatic carbocycles. The van der Waals surface area contributed by atoms with Crippen molar-refractivity contribution in [2.75, 3.05) is 5.32 Å². The maximum Gasteiger partial charge on any atom is 0.139 e. The van der Waals surface area contributed by atoms with Gasteiger partial charge in [0.25, 0.3) is 0 Å². The van der Waals surface area contributed by atoms with Crippen LogP contribution in [0.5, 0.6) is 0 Å². The second-order valence-electron chi connectivity index (χ2n) is 4.26. The van der Waals surface area contributed by atoms with Gasteiger partial charge < -0.3 is 11.1 Å². The Morgan fingerprint density at radius 1 is 1.30 bits per heavy atom. The second-order valence-corrected chi connectivity index (χ2v) is 5.99. The molecule has 2 aromatic carbocycles. The third kappa shape index (κ3) is 3.29. The fourth-order valence-electron chi connectivity index (χ4n) is 1.76. The van der Waals surface area contributed by atoms with E-state index in [-0.39, 0.29) is 10.8 Å². The molecule has 0 aliphatic rings. The number of hydrogen-bond donors (Lipinski definition) is 2. The molecule has 0 aromatic heterocycles. The Kier molecular flexibility index (Phi) is 4.62. The average molecular weight is 374 g/mol. The molecule has 0 saturated carbocycles. The second kappa shape index (κ2) is 6.08. The summed E-state index contributed by atoms with van der Waals surface area (Å²) in [6.45, 7) is 1.87. The number of halogens is 3. The molecule has 3 N–H and O–H groups in total. The standard InChI is InChI=1S/C14H11BrClFN2S/c1-7-4-10(15)11(17)6-12(7)19-13-5-8(16)2-3-9(13)14(18)20/h2-6,19H,1H3,(H2,18,20). The zero-order valence-corrected chi connectivity index (χ0v) is 13.7. The molecule has 20 heavy (non-hydrogen) atoms. The molecule has 0 radical (unpaired) electrons. The lowest BCUT2D eigenvalue weighted by Gasteiger charge is -2.14. The molecule has 0 saturated heterocycles. The maximum atomic E-state index is 13.6. The van der Waals surface area contributed by atoms with Crippen LogP contribution in [0.4, 0.5) is 15.8 Å². The molecular weight excluding hydrogens is 363 g/mol. The third-order valence-electron chi connectivity index (χ3n) is 2.78. The van der Waals surface area contributed by atoms with E-state index in [9.17, 15) is 4.39 Å². The van der Waals surface area contributed by atoms with Crippen LogP contribution in [0.2, 0.25) is 5.02 Å². The topological polar surface area (TPSA) is 38.0 Å². The van der Waals surface area contributed by atoms with E-state index in [0.717, 1.165) is 5.56 Å². The predicted molar refractivity (Wildman–Crippen MR) is 89.5 cm³/mol. The van der Waals surface area contributed by atoms with Gasteiger partial charge in [-0.25, -0.2) is 4.39 Å². The average Bonchev–Trinajstić information content (AvgIpc) is 2.35. The van der Waals surface area contributed by atoms with E-state index in [0.29, 0.717) is 26.4 Å². The number of anilines is 2.